The van der Waals surface area contributed by atoms with Crippen molar-refractivity contribution in [2.24, 2.45) is 22.5 Å². The smallest absolute Gasteiger partial charge is 0.201 e. The maximum absolute atomic E-state index is 15.4. The molecule has 0 bridgehead atoms. The van der Waals surface area contributed by atoms with E-state index < -0.39 is 23.2 Å². The molecule has 1 saturated carbocycles. The molecule has 1 fully saturated rings. The van der Waals surface area contributed by atoms with Crippen LogP contribution in [-0.4, -0.2) is 23.4 Å². The van der Waals surface area contributed by atoms with Crippen molar-refractivity contribution in [1.82, 2.24) is 4.98 Å². The molecule has 0 aromatic carbocycles. The number of nitrogens with zero attached hydrogens (tertiary/aromatic N) is 1. The van der Waals surface area contributed by atoms with E-state index in [1.54, 1.807) is 6.92 Å². The predicted molar refractivity (Wildman–Crippen MR) is 115 cm³/mol. The Morgan fingerprint density at radius 2 is 1.76 bits per heavy atom. The highest BCUT2D eigenvalue weighted by molar-refractivity contribution is 5.63. The molecule has 5 unspecified atom stereocenters. The monoisotopic (exact) mass is 406 g/mol. The molecule has 1 heterocycles. The second kappa shape index (κ2) is 7.33. The summed E-state index contributed by atoms with van der Waals surface area (Å²) in [6, 6.07) is -0.190. The van der Waals surface area contributed by atoms with Crippen molar-refractivity contribution in [3.05, 3.63) is 29.5 Å². The van der Waals surface area contributed by atoms with Crippen molar-refractivity contribution < 1.29 is 13.2 Å². The molecule has 0 aliphatic heterocycles. The first-order valence-corrected chi connectivity index (χ1v) is 10.7. The highest BCUT2D eigenvalue weighted by Crippen LogP contribution is 2.55. The fraction of sp³-hybridized carbons (Fsp3) is 0.708. The Labute approximate surface area is 173 Å². The van der Waals surface area contributed by atoms with Gasteiger partial charge >= 0.3 is 0 Å². The third kappa shape index (κ3) is 4.35. The van der Waals surface area contributed by atoms with E-state index in [1.807, 2.05) is 26.0 Å². The maximum Gasteiger partial charge on any atom is 0.201 e. The lowest BCUT2D eigenvalue weighted by Gasteiger charge is -2.49. The van der Waals surface area contributed by atoms with Crippen molar-refractivity contribution >= 4 is 12.2 Å². The molecule has 2 aliphatic rings. The third-order valence-electron chi connectivity index (χ3n) is 6.94. The van der Waals surface area contributed by atoms with Gasteiger partial charge in [0.15, 0.2) is 5.76 Å². The first kappa shape index (κ1) is 22.2. The van der Waals surface area contributed by atoms with Gasteiger partial charge in [0.2, 0.25) is 5.89 Å². The van der Waals surface area contributed by atoms with Crippen LogP contribution in [0.25, 0.3) is 12.2 Å². The number of nitrogens with two attached hydrogens (primary N) is 1. The molecule has 5 heteroatoms. The van der Waals surface area contributed by atoms with E-state index in [0.717, 1.165) is 5.69 Å². The number of alkyl halides is 2. The number of oxazole rings is 1. The van der Waals surface area contributed by atoms with Crippen LogP contribution in [0.2, 0.25) is 0 Å². The van der Waals surface area contributed by atoms with Gasteiger partial charge < -0.3 is 10.2 Å². The van der Waals surface area contributed by atoms with Crippen LogP contribution in [0.15, 0.2) is 16.6 Å². The van der Waals surface area contributed by atoms with E-state index >= 15 is 4.39 Å². The molecule has 5 atom stereocenters. The fourth-order valence-corrected chi connectivity index (χ4v) is 5.53. The van der Waals surface area contributed by atoms with Gasteiger partial charge in [-0.05, 0) is 57.6 Å². The molecule has 2 N–H and O–H groups in total. The second-order valence-corrected chi connectivity index (χ2v) is 10.8. The summed E-state index contributed by atoms with van der Waals surface area (Å²) in [5.41, 5.74) is 3.71. The van der Waals surface area contributed by atoms with Gasteiger partial charge in [-0.2, -0.15) is 0 Å². The van der Waals surface area contributed by atoms with Crippen LogP contribution in [0.1, 0.15) is 84.6 Å². The van der Waals surface area contributed by atoms with Crippen molar-refractivity contribution in [2.45, 2.75) is 84.4 Å². The summed E-state index contributed by atoms with van der Waals surface area (Å²) >= 11 is 0. The number of allylic oxidation sites excluding steroid dienone is 2. The molecular weight excluding hydrogens is 370 g/mol. The van der Waals surface area contributed by atoms with E-state index in [2.05, 4.69) is 32.9 Å². The zero-order valence-corrected chi connectivity index (χ0v) is 18.7. The quantitative estimate of drug-likeness (QED) is 0.630. The second-order valence-electron chi connectivity index (χ2n) is 10.8. The van der Waals surface area contributed by atoms with Gasteiger partial charge in [0.1, 0.15) is 11.4 Å². The summed E-state index contributed by atoms with van der Waals surface area (Å²) in [6.07, 6.45) is 9.62. The zero-order chi connectivity index (χ0) is 21.7. The normalized spacial score (nSPS) is 38.1. The number of hydrogen-bond acceptors (Lipinski definition) is 3. The van der Waals surface area contributed by atoms with Gasteiger partial charge in [-0.1, -0.05) is 39.8 Å². The minimum Gasteiger partial charge on any atom is -0.440 e. The Balaban J connectivity index is 1.98. The molecule has 0 spiro atoms. The van der Waals surface area contributed by atoms with Gasteiger partial charge in [-0.25, -0.2) is 9.37 Å². The van der Waals surface area contributed by atoms with Gasteiger partial charge in [0.25, 0.3) is 0 Å². The van der Waals surface area contributed by atoms with Crippen LogP contribution in [0.5, 0.6) is 0 Å². The minimum absolute atomic E-state index is 0.0731. The van der Waals surface area contributed by atoms with Crippen LogP contribution in [0.3, 0.4) is 0 Å². The minimum atomic E-state index is -1.50. The molecule has 3 rings (SSSR count). The topological polar surface area (TPSA) is 52.0 Å². The summed E-state index contributed by atoms with van der Waals surface area (Å²) in [5, 5.41) is 0. The molecule has 0 saturated heterocycles. The molecule has 1 aromatic heterocycles. The summed E-state index contributed by atoms with van der Waals surface area (Å²) in [6.45, 7) is 11.3. The lowest BCUT2D eigenvalue weighted by atomic mass is 9.57. The number of rotatable bonds is 5. The van der Waals surface area contributed by atoms with Gasteiger partial charge in [-0.3, -0.25) is 4.39 Å². The zero-order valence-electron chi connectivity index (χ0n) is 18.7. The average molecular weight is 407 g/mol. The number of aromatic nitrogens is 1. The van der Waals surface area contributed by atoms with E-state index in [0.29, 0.717) is 30.4 Å². The van der Waals surface area contributed by atoms with E-state index in [4.69, 9.17) is 15.1 Å². The van der Waals surface area contributed by atoms with Crippen LogP contribution in [-0.2, 0) is 5.41 Å². The van der Waals surface area contributed by atoms with Gasteiger partial charge in [0, 0.05) is 22.3 Å². The van der Waals surface area contributed by atoms with Crippen molar-refractivity contribution in [2.75, 3.05) is 6.67 Å². The van der Waals surface area contributed by atoms with Crippen molar-refractivity contribution in [3.63, 3.8) is 0 Å². The Kier molecular flexibility index (Phi) is 5.61. The molecule has 0 amide bonds. The van der Waals surface area contributed by atoms with Crippen LogP contribution >= 0.6 is 0 Å². The molecule has 1 aromatic rings. The fourth-order valence-electron chi connectivity index (χ4n) is 5.53. The Bertz CT molecular complexity index is 776. The molecule has 0 radical (unpaired) electrons. The highest BCUT2D eigenvalue weighted by Gasteiger charge is 2.54. The maximum atomic E-state index is 15.4. The molecule has 3 nitrogen and oxygen atoms in total. The van der Waals surface area contributed by atoms with Crippen LogP contribution < -0.4 is 5.73 Å². The van der Waals surface area contributed by atoms with E-state index in [1.165, 1.54) is 0 Å². The molecule has 29 heavy (non-hydrogen) atoms. The summed E-state index contributed by atoms with van der Waals surface area (Å²) < 4.78 is 35.8. The average Bonchev–Trinajstić information content (AvgIpc) is 2.93. The van der Waals surface area contributed by atoms with E-state index in [-0.39, 0.29) is 24.3 Å². The standard InChI is InChI=1S/C24H36F2N2O/c1-16(2)21(4)9-7-18-19(8-10-21)29-20(28-18)22(5)12-23(6,26)14-24(13-22,15-25)11-17(3)27/h7-10,16-17H,11-15,27H2,1-6H3. The van der Waals surface area contributed by atoms with E-state index in [9.17, 15) is 4.39 Å². The SMILES string of the molecule is CC(N)CC1(CF)CC(C)(F)CC(C)(c2nc3c(o2)C=CC(C)(C(C)C)C=C3)C1. The lowest BCUT2D eigenvalue weighted by Crippen LogP contribution is -2.50. The van der Waals surface area contributed by atoms with Crippen molar-refractivity contribution in [3.8, 4) is 0 Å². The summed E-state index contributed by atoms with van der Waals surface area (Å²) in [5.74, 6) is 1.62. The lowest BCUT2D eigenvalue weighted by molar-refractivity contribution is -0.0365. The largest absolute Gasteiger partial charge is 0.440 e. The molecular formula is C24H36F2N2O. The van der Waals surface area contributed by atoms with Gasteiger partial charge in [-0.15, -0.1) is 0 Å². The summed E-state index contributed by atoms with van der Waals surface area (Å²) in [4.78, 5) is 4.75. The predicted octanol–water partition coefficient (Wildman–Crippen LogP) is 6.24. The number of fused-ring (bicyclic) bond motifs is 1. The van der Waals surface area contributed by atoms with Crippen LogP contribution in [0.4, 0.5) is 8.78 Å². The molecule has 162 valence electrons. The molecule has 2 aliphatic carbocycles. The first-order chi connectivity index (χ1) is 13.3. The Morgan fingerprint density at radius 3 is 2.34 bits per heavy atom. The third-order valence-corrected chi connectivity index (χ3v) is 6.94. The van der Waals surface area contributed by atoms with Crippen molar-refractivity contribution in [1.29, 1.82) is 0 Å². The summed E-state index contributed by atoms with van der Waals surface area (Å²) in [7, 11) is 0. The van der Waals surface area contributed by atoms with Gasteiger partial charge in [0.05, 0.1) is 6.67 Å². The van der Waals surface area contributed by atoms with Crippen LogP contribution in [0, 0.1) is 16.7 Å². The Morgan fingerprint density at radius 1 is 1.10 bits per heavy atom. The highest BCUT2D eigenvalue weighted by atomic mass is 19.1. The number of hydrogen-bond donors (Lipinski definition) is 1. The number of halogens is 2. The Hall–Kier alpha value is -1.49. The first-order valence-electron chi connectivity index (χ1n) is 10.7.